The van der Waals surface area contributed by atoms with Gasteiger partial charge in [-0.3, -0.25) is 0 Å². The summed E-state index contributed by atoms with van der Waals surface area (Å²) in [6.45, 7) is 20.5. The third-order valence-corrected chi connectivity index (χ3v) is 6.26. The Labute approximate surface area is 214 Å². The van der Waals surface area contributed by atoms with E-state index in [4.69, 9.17) is 0 Å². The third-order valence-electron chi connectivity index (χ3n) is 6.26. The average Bonchev–Trinajstić information content (AvgIpc) is 3.27. The molecule has 0 N–H and O–H groups in total. The summed E-state index contributed by atoms with van der Waals surface area (Å²) in [5.74, 6) is 0. The van der Waals surface area contributed by atoms with E-state index >= 15 is 0 Å². The van der Waals surface area contributed by atoms with Crippen LogP contribution in [0, 0.1) is 0 Å². The molecule has 4 aromatic carbocycles. The van der Waals surface area contributed by atoms with Gasteiger partial charge in [0.2, 0.25) is 0 Å². The summed E-state index contributed by atoms with van der Waals surface area (Å²) in [6, 6.07) is 35.3. The van der Waals surface area contributed by atoms with Gasteiger partial charge in [0.25, 0.3) is 0 Å². The van der Waals surface area contributed by atoms with Crippen LogP contribution in [-0.4, -0.2) is 0 Å². The zero-order valence-corrected chi connectivity index (χ0v) is 22.9. The maximum Gasteiger partial charge on any atom is 0.0725 e. The summed E-state index contributed by atoms with van der Waals surface area (Å²) in [6.07, 6.45) is 0. The van der Waals surface area contributed by atoms with Crippen molar-refractivity contribution in [2.24, 2.45) is 0 Å². The van der Waals surface area contributed by atoms with Crippen molar-refractivity contribution in [1.29, 1.82) is 0 Å². The molecule has 0 unspecified atom stereocenters. The zero-order valence-electron chi connectivity index (χ0n) is 22.9. The lowest BCUT2D eigenvalue weighted by Gasteiger charge is -2.40. The van der Waals surface area contributed by atoms with Crippen molar-refractivity contribution >= 4 is 5.57 Å². The van der Waals surface area contributed by atoms with Gasteiger partial charge in [-0.05, 0) is 50.1 Å². The van der Waals surface area contributed by atoms with E-state index in [0.717, 1.165) is 5.57 Å². The summed E-state index contributed by atoms with van der Waals surface area (Å²) >= 11 is 0. The van der Waals surface area contributed by atoms with Crippen molar-refractivity contribution in [3.63, 3.8) is 0 Å². The monoisotopic (exact) mass is 462 g/mol. The summed E-state index contributed by atoms with van der Waals surface area (Å²) in [5, 5.41) is 0. The van der Waals surface area contributed by atoms with E-state index in [9.17, 15) is 0 Å². The van der Waals surface area contributed by atoms with Gasteiger partial charge in [-0.1, -0.05) is 159 Å². The molecule has 6 rings (SSSR count). The minimum Gasteiger partial charge on any atom is -0.0905 e. The number of benzene rings is 4. The van der Waals surface area contributed by atoms with Crippen LogP contribution in [0.5, 0.6) is 0 Å². The van der Waals surface area contributed by atoms with Crippen LogP contribution in [0.2, 0.25) is 0 Å². The molecule has 1 spiro atoms. The number of hydrogen-bond donors (Lipinski definition) is 0. The molecule has 0 aliphatic heterocycles. The Bertz CT molecular complexity index is 1150. The van der Waals surface area contributed by atoms with E-state index in [1.807, 2.05) is 55.4 Å². The number of rotatable bonds is 0. The molecule has 0 radical (unpaired) electrons. The highest BCUT2D eigenvalue weighted by atomic mass is 14.5. The Morgan fingerprint density at radius 3 is 0.914 bits per heavy atom. The van der Waals surface area contributed by atoms with Gasteiger partial charge in [-0.25, -0.2) is 0 Å². The molecule has 2 aliphatic carbocycles. The Morgan fingerprint density at radius 1 is 0.371 bits per heavy atom. The topological polar surface area (TPSA) is 0 Å². The second kappa shape index (κ2) is 12.9. The van der Waals surface area contributed by atoms with Gasteiger partial charge in [0.05, 0.1) is 5.41 Å². The molecule has 2 aliphatic rings. The lowest BCUT2D eigenvalue weighted by Crippen LogP contribution is -2.33. The van der Waals surface area contributed by atoms with Crippen molar-refractivity contribution in [3.8, 4) is 11.1 Å². The summed E-state index contributed by atoms with van der Waals surface area (Å²) in [7, 11) is 0. The molecular formula is C35H42. The molecule has 0 bridgehead atoms. The first kappa shape index (κ1) is 27.9. The molecule has 35 heavy (non-hydrogen) atoms. The van der Waals surface area contributed by atoms with E-state index in [0.29, 0.717) is 0 Å². The molecule has 0 amide bonds. The third kappa shape index (κ3) is 4.27. The van der Waals surface area contributed by atoms with Crippen LogP contribution < -0.4 is 0 Å². The molecule has 0 atom stereocenters. The van der Waals surface area contributed by atoms with Crippen molar-refractivity contribution in [3.05, 3.63) is 137 Å². The van der Waals surface area contributed by atoms with Crippen molar-refractivity contribution in [2.45, 2.75) is 60.8 Å². The van der Waals surface area contributed by atoms with E-state index < -0.39 is 0 Å². The summed E-state index contributed by atoms with van der Waals surface area (Å²) < 4.78 is 0. The van der Waals surface area contributed by atoms with Crippen molar-refractivity contribution < 1.29 is 0 Å². The van der Waals surface area contributed by atoms with Crippen LogP contribution in [0.3, 0.4) is 0 Å². The maximum atomic E-state index is 4.46. The van der Waals surface area contributed by atoms with Gasteiger partial charge in [0.15, 0.2) is 0 Å². The molecule has 0 aromatic heterocycles. The minimum absolute atomic E-state index is 0.276. The van der Waals surface area contributed by atoms with Crippen LogP contribution in [0.25, 0.3) is 16.7 Å². The molecule has 0 saturated heterocycles. The lowest BCUT2D eigenvalue weighted by atomic mass is 9.61. The summed E-state index contributed by atoms with van der Waals surface area (Å²) in [5.41, 5.74) is 11.4. The van der Waals surface area contributed by atoms with Gasteiger partial charge >= 0.3 is 0 Å². The van der Waals surface area contributed by atoms with E-state index in [-0.39, 0.29) is 5.41 Å². The number of hydrogen-bond acceptors (Lipinski definition) is 0. The molecule has 182 valence electrons. The largest absolute Gasteiger partial charge is 0.0905 e. The molecule has 0 heteroatoms. The molecule has 0 heterocycles. The second-order valence-electron chi connectivity index (χ2n) is 7.41. The minimum atomic E-state index is -0.276. The Hall–Kier alpha value is -3.38. The first-order valence-electron chi connectivity index (χ1n) is 13.4. The van der Waals surface area contributed by atoms with Gasteiger partial charge in [-0.15, -0.1) is 0 Å². The predicted molar refractivity (Wildman–Crippen MR) is 157 cm³/mol. The predicted octanol–water partition coefficient (Wildman–Crippen LogP) is 10.5. The second-order valence-corrected chi connectivity index (χ2v) is 7.41. The van der Waals surface area contributed by atoms with Gasteiger partial charge < -0.3 is 0 Å². The highest BCUT2D eigenvalue weighted by Crippen LogP contribution is 2.60. The number of fused-ring (bicyclic) bond motifs is 9. The lowest BCUT2D eigenvalue weighted by molar-refractivity contribution is 0.753. The van der Waals surface area contributed by atoms with Crippen LogP contribution >= 0.6 is 0 Å². The molecule has 4 aromatic rings. The highest BCUT2D eigenvalue weighted by Gasteiger charge is 2.50. The van der Waals surface area contributed by atoms with Crippen LogP contribution in [0.1, 0.15) is 88.8 Å². The summed E-state index contributed by atoms with van der Waals surface area (Å²) in [4.78, 5) is 0. The smallest absolute Gasteiger partial charge is 0.0725 e. The fourth-order valence-corrected chi connectivity index (χ4v) is 5.25. The Balaban J connectivity index is 0.000000495. The first-order valence-corrected chi connectivity index (χ1v) is 13.4. The van der Waals surface area contributed by atoms with E-state index in [2.05, 4.69) is 104 Å². The Morgan fingerprint density at radius 2 is 0.600 bits per heavy atom. The SMILES string of the molecule is C=C1c2ccccc2C2(c3ccccc31)c1ccccc1-c1ccccc12.CC.CC.CC.CC. The normalized spacial score (nSPS) is 12.3. The van der Waals surface area contributed by atoms with Crippen molar-refractivity contribution in [2.75, 3.05) is 0 Å². The average molecular weight is 463 g/mol. The fourth-order valence-electron chi connectivity index (χ4n) is 5.25. The highest BCUT2D eigenvalue weighted by molar-refractivity contribution is 5.95. The molecule has 0 fully saturated rings. The van der Waals surface area contributed by atoms with Crippen LogP contribution in [-0.2, 0) is 5.41 Å². The zero-order chi connectivity index (χ0) is 26.0. The molecular weight excluding hydrogens is 420 g/mol. The molecule has 0 nitrogen and oxygen atoms in total. The Kier molecular flexibility index (Phi) is 10.3. The van der Waals surface area contributed by atoms with Gasteiger partial charge in [-0.2, -0.15) is 0 Å². The molecule has 0 saturated carbocycles. The first-order chi connectivity index (χ1) is 17.3. The van der Waals surface area contributed by atoms with Gasteiger partial charge in [0.1, 0.15) is 0 Å². The van der Waals surface area contributed by atoms with Crippen LogP contribution in [0.15, 0.2) is 104 Å². The fraction of sp³-hybridized carbons (Fsp3) is 0.257. The maximum absolute atomic E-state index is 4.46. The van der Waals surface area contributed by atoms with Crippen LogP contribution in [0.4, 0.5) is 0 Å². The van der Waals surface area contributed by atoms with E-state index in [1.54, 1.807) is 0 Å². The van der Waals surface area contributed by atoms with E-state index in [1.165, 1.54) is 44.5 Å². The standard InChI is InChI=1S/C27H18.4C2H6/c1-18-19-10-2-6-14-23(19)27(24-15-7-3-11-20(18)24)25-16-8-4-12-21(25)22-13-5-9-17-26(22)27;4*1-2/h2-17H,1H2;4*1-2H3. The van der Waals surface area contributed by atoms with Crippen molar-refractivity contribution in [1.82, 2.24) is 0 Å². The van der Waals surface area contributed by atoms with Gasteiger partial charge in [0, 0.05) is 0 Å². The quantitative estimate of drug-likeness (QED) is 0.210.